The van der Waals surface area contributed by atoms with Gasteiger partial charge in [-0.15, -0.1) is 11.3 Å². The number of hydrogen-bond donors (Lipinski definition) is 2. The Bertz CT molecular complexity index is 1000. The van der Waals surface area contributed by atoms with Crippen LogP contribution in [0.5, 0.6) is 0 Å². The van der Waals surface area contributed by atoms with E-state index in [1.807, 2.05) is 20.8 Å². The number of aromatic nitrogens is 2. The summed E-state index contributed by atoms with van der Waals surface area (Å²) in [6, 6.07) is -0.875. The van der Waals surface area contributed by atoms with Gasteiger partial charge in [0.2, 0.25) is 0 Å². The average molecular weight is 390 g/mol. The van der Waals surface area contributed by atoms with Crippen molar-refractivity contribution < 1.29 is 14.3 Å². The molecule has 0 spiro atoms. The van der Waals surface area contributed by atoms with Gasteiger partial charge in [-0.3, -0.25) is 9.36 Å². The maximum Gasteiger partial charge on any atom is 0.337 e. The third-order valence-corrected chi connectivity index (χ3v) is 5.75. The molecule has 144 valence electrons. The number of esters is 1. The molecule has 2 N–H and O–H groups in total. The lowest BCUT2D eigenvalue weighted by Crippen LogP contribution is -2.51. The molecule has 3 heterocycles. The van der Waals surface area contributed by atoms with Gasteiger partial charge in [0.25, 0.3) is 5.56 Å². The molecule has 1 unspecified atom stereocenters. The average Bonchev–Trinajstić information content (AvgIpc) is 2.92. The summed E-state index contributed by atoms with van der Waals surface area (Å²) in [7, 11) is 0. The first-order valence-electron chi connectivity index (χ1n) is 8.80. The lowest BCUT2D eigenvalue weighted by atomic mass is 10.00. The van der Waals surface area contributed by atoms with Crippen molar-refractivity contribution in [1.82, 2.24) is 20.2 Å². The topological polar surface area (TPSA) is 102 Å². The SMILES string of the molecule is CCOC(=O)C1=C(Cn2cnc3sc(C)c(C)c3c2=O)NC(=O)NC1CC. The Morgan fingerprint density at radius 3 is 2.74 bits per heavy atom. The summed E-state index contributed by atoms with van der Waals surface area (Å²) in [4.78, 5) is 43.5. The number of hydrogen-bond acceptors (Lipinski definition) is 6. The highest BCUT2D eigenvalue weighted by Gasteiger charge is 2.31. The van der Waals surface area contributed by atoms with Gasteiger partial charge in [0, 0.05) is 4.88 Å². The molecular weight excluding hydrogens is 368 g/mol. The molecule has 9 heteroatoms. The maximum absolute atomic E-state index is 12.9. The monoisotopic (exact) mass is 390 g/mol. The Kier molecular flexibility index (Phi) is 5.31. The van der Waals surface area contributed by atoms with E-state index in [1.165, 1.54) is 22.2 Å². The highest BCUT2D eigenvalue weighted by Crippen LogP contribution is 2.25. The smallest absolute Gasteiger partial charge is 0.337 e. The number of urea groups is 1. The number of carbonyl (C=O) groups excluding carboxylic acids is 2. The molecule has 2 aromatic rings. The van der Waals surface area contributed by atoms with Crippen LogP contribution in [0.25, 0.3) is 10.2 Å². The quantitative estimate of drug-likeness (QED) is 0.760. The Labute approximate surface area is 160 Å². The number of allylic oxidation sites excluding steroid dienone is 1. The van der Waals surface area contributed by atoms with E-state index < -0.39 is 18.0 Å². The van der Waals surface area contributed by atoms with Gasteiger partial charge in [-0.25, -0.2) is 14.6 Å². The molecule has 1 atom stereocenters. The zero-order valence-corrected chi connectivity index (χ0v) is 16.5. The van der Waals surface area contributed by atoms with Gasteiger partial charge in [-0.2, -0.15) is 0 Å². The first kappa shape index (κ1) is 19.1. The second-order valence-electron chi connectivity index (χ2n) is 6.31. The molecule has 1 aliphatic heterocycles. The summed E-state index contributed by atoms with van der Waals surface area (Å²) in [6.07, 6.45) is 1.98. The number of rotatable bonds is 5. The molecule has 0 saturated carbocycles. The van der Waals surface area contributed by atoms with E-state index in [0.717, 1.165) is 10.4 Å². The normalized spacial score (nSPS) is 17.0. The molecule has 3 rings (SSSR count). The van der Waals surface area contributed by atoms with E-state index in [1.54, 1.807) is 6.92 Å². The van der Waals surface area contributed by atoms with Crippen molar-refractivity contribution in [2.24, 2.45) is 0 Å². The minimum atomic E-state index is -0.503. The molecule has 0 aromatic carbocycles. The number of fused-ring (bicyclic) bond motifs is 1. The molecule has 0 saturated heterocycles. The van der Waals surface area contributed by atoms with Crippen LogP contribution in [0, 0.1) is 13.8 Å². The summed E-state index contributed by atoms with van der Waals surface area (Å²) in [5, 5.41) is 5.95. The van der Waals surface area contributed by atoms with Crippen LogP contribution in [0.2, 0.25) is 0 Å². The molecule has 8 nitrogen and oxygen atoms in total. The highest BCUT2D eigenvalue weighted by molar-refractivity contribution is 7.18. The highest BCUT2D eigenvalue weighted by atomic mass is 32.1. The van der Waals surface area contributed by atoms with Crippen molar-refractivity contribution in [3.63, 3.8) is 0 Å². The van der Waals surface area contributed by atoms with Gasteiger partial charge in [0.05, 0.1) is 42.2 Å². The summed E-state index contributed by atoms with van der Waals surface area (Å²) < 4.78 is 6.56. The van der Waals surface area contributed by atoms with Gasteiger partial charge >= 0.3 is 12.0 Å². The van der Waals surface area contributed by atoms with E-state index in [-0.39, 0.29) is 18.7 Å². The number of nitrogens with zero attached hydrogens (tertiary/aromatic N) is 2. The maximum atomic E-state index is 12.9. The van der Waals surface area contributed by atoms with Gasteiger partial charge in [-0.1, -0.05) is 6.92 Å². The number of nitrogens with one attached hydrogen (secondary N) is 2. The predicted molar refractivity (Wildman–Crippen MR) is 103 cm³/mol. The lowest BCUT2D eigenvalue weighted by Gasteiger charge is -2.28. The minimum Gasteiger partial charge on any atom is -0.463 e. The molecule has 0 bridgehead atoms. The van der Waals surface area contributed by atoms with E-state index in [4.69, 9.17) is 4.74 Å². The van der Waals surface area contributed by atoms with Gasteiger partial charge < -0.3 is 15.4 Å². The first-order valence-corrected chi connectivity index (χ1v) is 9.61. The molecule has 0 aliphatic carbocycles. The third-order valence-electron chi connectivity index (χ3n) is 4.63. The number of carbonyl (C=O) groups is 2. The summed E-state index contributed by atoms with van der Waals surface area (Å²) in [6.45, 7) is 7.69. The first-order chi connectivity index (χ1) is 12.9. The van der Waals surface area contributed by atoms with E-state index in [9.17, 15) is 14.4 Å². The van der Waals surface area contributed by atoms with Crippen LogP contribution in [-0.2, 0) is 16.1 Å². The standard InChI is InChI=1S/C18H22N4O4S/c1-5-11-14(17(24)26-6-2)12(21-18(25)20-11)7-22-8-19-15-13(16(22)23)9(3)10(4)27-15/h8,11H,5-7H2,1-4H3,(H2,20,21,25). The summed E-state index contributed by atoms with van der Waals surface area (Å²) in [5.74, 6) is -0.503. The number of thiophene rings is 1. The van der Waals surface area contributed by atoms with Gasteiger partial charge in [-0.05, 0) is 32.8 Å². The molecule has 1 aliphatic rings. The molecule has 2 aromatic heterocycles. The number of ether oxygens (including phenoxy) is 1. The minimum absolute atomic E-state index is 0.0359. The largest absolute Gasteiger partial charge is 0.463 e. The fraction of sp³-hybridized carbons (Fsp3) is 0.444. The van der Waals surface area contributed by atoms with E-state index in [2.05, 4.69) is 15.6 Å². The molecule has 0 fully saturated rings. The third kappa shape index (κ3) is 3.46. The van der Waals surface area contributed by atoms with Crippen molar-refractivity contribution in [3.8, 4) is 0 Å². The van der Waals surface area contributed by atoms with Crippen LogP contribution >= 0.6 is 11.3 Å². The second-order valence-corrected chi connectivity index (χ2v) is 7.52. The Morgan fingerprint density at radius 2 is 2.07 bits per heavy atom. The van der Waals surface area contributed by atoms with Crippen LogP contribution in [0.15, 0.2) is 22.4 Å². The van der Waals surface area contributed by atoms with Crippen LogP contribution in [-0.4, -0.2) is 34.2 Å². The second kappa shape index (κ2) is 7.51. The summed E-state index contributed by atoms with van der Waals surface area (Å²) in [5.41, 5.74) is 1.40. The van der Waals surface area contributed by atoms with Crippen LogP contribution < -0.4 is 16.2 Å². The fourth-order valence-corrected chi connectivity index (χ4v) is 4.13. The Hall–Kier alpha value is -2.68. The number of aryl methyl sites for hydroxylation is 2. The van der Waals surface area contributed by atoms with E-state index in [0.29, 0.717) is 27.9 Å². The summed E-state index contributed by atoms with van der Waals surface area (Å²) >= 11 is 1.47. The predicted octanol–water partition coefficient (Wildman–Crippen LogP) is 1.98. The number of amides is 2. The zero-order chi connectivity index (χ0) is 19.7. The van der Waals surface area contributed by atoms with Crippen molar-refractivity contribution >= 4 is 33.6 Å². The van der Waals surface area contributed by atoms with Crippen molar-refractivity contribution in [3.05, 3.63) is 38.4 Å². The van der Waals surface area contributed by atoms with Crippen LogP contribution in [0.4, 0.5) is 4.79 Å². The van der Waals surface area contributed by atoms with Crippen LogP contribution in [0.3, 0.4) is 0 Å². The zero-order valence-electron chi connectivity index (χ0n) is 15.7. The lowest BCUT2D eigenvalue weighted by molar-refractivity contribution is -0.139. The van der Waals surface area contributed by atoms with Crippen molar-refractivity contribution in [2.75, 3.05) is 6.61 Å². The van der Waals surface area contributed by atoms with Crippen molar-refractivity contribution in [2.45, 2.75) is 46.7 Å². The molecule has 27 heavy (non-hydrogen) atoms. The van der Waals surface area contributed by atoms with E-state index >= 15 is 0 Å². The van der Waals surface area contributed by atoms with Crippen molar-refractivity contribution in [1.29, 1.82) is 0 Å². The van der Waals surface area contributed by atoms with Gasteiger partial charge in [0.1, 0.15) is 4.83 Å². The van der Waals surface area contributed by atoms with Crippen LogP contribution in [0.1, 0.15) is 30.7 Å². The molecule has 2 amide bonds. The molecule has 0 radical (unpaired) electrons. The molecular formula is C18H22N4O4S. The Morgan fingerprint density at radius 1 is 1.33 bits per heavy atom. The Balaban J connectivity index is 2.10. The fourth-order valence-electron chi connectivity index (χ4n) is 3.14. The van der Waals surface area contributed by atoms with Gasteiger partial charge in [0.15, 0.2) is 0 Å².